The Morgan fingerprint density at radius 1 is 0.443 bits per heavy atom. The number of nitrogens with zero attached hydrogens (tertiary/aromatic N) is 1. The van der Waals surface area contributed by atoms with E-state index in [1.54, 1.807) is 0 Å². The minimum atomic E-state index is -4.71. The number of hydrogen-bond acceptors (Lipinski definition) is 7. The molecule has 0 aliphatic rings. The zero-order valence-electron chi connectivity index (χ0n) is 52.6. The van der Waals surface area contributed by atoms with Gasteiger partial charge in [-0.3, -0.25) is 14.2 Å². The number of nitrogens with one attached hydrogen (secondary N) is 1. The van der Waals surface area contributed by atoms with Gasteiger partial charge < -0.3 is 28.5 Å². The molecule has 3 unspecified atom stereocenters. The lowest BCUT2D eigenvalue weighted by Gasteiger charge is -2.30. The number of hydrogen-bond donors (Lipinski definition) is 1. The van der Waals surface area contributed by atoms with E-state index >= 15 is 0 Å². The highest BCUT2D eigenvalue weighted by atomic mass is 31.2. The Bertz CT molecular complexity index is 1580. The molecule has 0 aliphatic carbocycles. The van der Waals surface area contributed by atoms with Crippen molar-refractivity contribution in [1.29, 1.82) is 0 Å². The third-order valence-corrected chi connectivity index (χ3v) is 15.6. The second-order valence-electron chi connectivity index (χ2n) is 23.6. The molecule has 0 rings (SSSR count). The first-order valence-corrected chi connectivity index (χ1v) is 34.7. The molecule has 0 bridgehead atoms. The molecule has 0 heterocycles. The lowest BCUT2D eigenvalue weighted by atomic mass is 10.0. The number of amides is 1. The van der Waals surface area contributed by atoms with E-state index in [9.17, 15) is 19.0 Å². The summed E-state index contributed by atoms with van der Waals surface area (Å²) in [6, 6.07) is -0.897. The van der Waals surface area contributed by atoms with E-state index in [-0.39, 0.29) is 24.9 Å². The summed E-state index contributed by atoms with van der Waals surface area (Å²) in [5.74, 6) is -0.548. The van der Waals surface area contributed by atoms with Gasteiger partial charge in [-0.25, -0.2) is 0 Å². The Hall–Kier alpha value is -2.55. The molecule has 0 aromatic carbocycles. The number of carbonyl (C=O) groups is 2. The first-order chi connectivity index (χ1) is 38.4. The summed E-state index contributed by atoms with van der Waals surface area (Å²) in [6.45, 7) is 6.81. The van der Waals surface area contributed by atoms with Crippen LogP contribution in [-0.2, 0) is 27.9 Å². The molecule has 460 valence electrons. The van der Waals surface area contributed by atoms with Crippen LogP contribution >= 0.6 is 7.82 Å². The van der Waals surface area contributed by atoms with Crippen LogP contribution in [-0.4, -0.2) is 69.4 Å². The average molecular weight is 1130 g/mol. The predicted octanol–water partition coefficient (Wildman–Crippen LogP) is 20.2. The van der Waals surface area contributed by atoms with E-state index in [4.69, 9.17) is 13.8 Å². The number of phosphoric ester groups is 1. The van der Waals surface area contributed by atoms with Crippen LogP contribution < -0.4 is 10.2 Å². The number of rotatable bonds is 60. The van der Waals surface area contributed by atoms with E-state index in [1.807, 2.05) is 33.3 Å². The van der Waals surface area contributed by atoms with Crippen LogP contribution in [0.1, 0.15) is 303 Å². The van der Waals surface area contributed by atoms with Crippen LogP contribution in [0.4, 0.5) is 0 Å². The highest BCUT2D eigenvalue weighted by molar-refractivity contribution is 7.45. The van der Waals surface area contributed by atoms with Gasteiger partial charge in [-0.1, -0.05) is 261 Å². The number of unbranched alkanes of at least 4 members (excludes halogenated alkanes) is 34. The summed E-state index contributed by atoms with van der Waals surface area (Å²) < 4.78 is 30.4. The van der Waals surface area contributed by atoms with Gasteiger partial charge in [-0.05, 0) is 102 Å². The molecule has 0 aromatic rings. The van der Waals surface area contributed by atoms with E-state index in [0.29, 0.717) is 17.4 Å². The van der Waals surface area contributed by atoms with Gasteiger partial charge in [0, 0.05) is 12.8 Å². The maximum absolute atomic E-state index is 13.6. The Morgan fingerprint density at radius 3 is 1.18 bits per heavy atom. The summed E-state index contributed by atoms with van der Waals surface area (Å²) in [4.78, 5) is 40.1. The quantitative estimate of drug-likeness (QED) is 0.0212. The number of ether oxygens (including phenoxy) is 1. The lowest BCUT2D eigenvalue weighted by molar-refractivity contribution is -0.870. The maximum Gasteiger partial charge on any atom is 0.306 e. The van der Waals surface area contributed by atoms with Gasteiger partial charge in [0.1, 0.15) is 19.3 Å². The minimum absolute atomic E-state index is 0.0264. The number of esters is 1. The molecule has 0 saturated heterocycles. The number of carbonyl (C=O) groups excluding carboxylic acids is 2. The minimum Gasteiger partial charge on any atom is -0.756 e. The largest absolute Gasteiger partial charge is 0.756 e. The van der Waals surface area contributed by atoms with E-state index in [1.165, 1.54) is 167 Å². The van der Waals surface area contributed by atoms with Gasteiger partial charge >= 0.3 is 5.97 Å². The molecule has 3 atom stereocenters. The molecule has 0 aliphatic heterocycles. The molecule has 9 nitrogen and oxygen atoms in total. The Labute approximate surface area is 489 Å². The zero-order valence-corrected chi connectivity index (χ0v) is 53.5. The van der Waals surface area contributed by atoms with E-state index < -0.39 is 26.6 Å². The molecule has 1 N–H and O–H groups in total. The third kappa shape index (κ3) is 59.9. The normalized spacial score (nSPS) is 14.1. The lowest BCUT2D eigenvalue weighted by Crippen LogP contribution is -2.47. The Balaban J connectivity index is 5.23. The van der Waals surface area contributed by atoms with Crippen molar-refractivity contribution in [3.05, 3.63) is 72.9 Å². The number of allylic oxidation sites excluding steroid dienone is 11. The monoisotopic (exact) mass is 1130 g/mol. The smallest absolute Gasteiger partial charge is 0.306 e. The molecule has 10 heteroatoms. The second kappa shape index (κ2) is 58.6. The van der Waals surface area contributed by atoms with Crippen LogP contribution in [0.5, 0.6) is 0 Å². The van der Waals surface area contributed by atoms with Gasteiger partial charge in [0.2, 0.25) is 5.91 Å². The Kier molecular flexibility index (Phi) is 56.7. The first kappa shape index (κ1) is 76.5. The van der Waals surface area contributed by atoms with Crippen molar-refractivity contribution in [2.45, 2.75) is 315 Å². The predicted molar refractivity (Wildman–Crippen MR) is 339 cm³/mol. The molecule has 79 heavy (non-hydrogen) atoms. The molecule has 0 spiro atoms. The number of quaternary nitrogens is 1. The third-order valence-electron chi connectivity index (χ3n) is 14.6. The molecule has 0 fully saturated rings. The van der Waals surface area contributed by atoms with Crippen LogP contribution in [0, 0.1) is 0 Å². The molecule has 0 radical (unpaired) electrons. The molecular weight excluding hydrogens is 1000 g/mol. The topological polar surface area (TPSA) is 114 Å². The van der Waals surface area contributed by atoms with Crippen molar-refractivity contribution in [2.75, 3.05) is 40.9 Å². The number of phosphoric acid groups is 1. The first-order valence-electron chi connectivity index (χ1n) is 33.2. The molecular formula is C69H127N2O7P. The summed E-state index contributed by atoms with van der Waals surface area (Å²) >= 11 is 0. The fourth-order valence-corrected chi connectivity index (χ4v) is 10.2. The van der Waals surface area contributed by atoms with Gasteiger partial charge in [-0.15, -0.1) is 0 Å². The van der Waals surface area contributed by atoms with Crippen molar-refractivity contribution >= 4 is 19.7 Å². The van der Waals surface area contributed by atoms with Gasteiger partial charge in [-0.2, -0.15) is 0 Å². The molecule has 0 saturated carbocycles. The number of likely N-dealkylation sites (N-methyl/N-ethyl adjacent to an activating group) is 1. The zero-order chi connectivity index (χ0) is 57.9. The molecule has 0 aromatic heterocycles. The second-order valence-corrected chi connectivity index (χ2v) is 25.0. The standard InChI is InChI=1S/C69H127N2O7P/c1-7-10-13-16-19-22-25-28-30-32-34-35-37-38-40-43-46-49-52-55-58-61-68(72)70-66(65-77-79(74,75)76-64-63-71(4,5)6)67(60-57-54-51-48-45-42-27-24-21-18-15-12-9-3)78-69(73)62-59-56-53-50-47-44-41-39-36-33-31-29-26-23-20-17-14-11-8-2/h19-20,22-23,28-31,34-35,57,60,66-67H,7-18,21,24-27,32-33,36-56,58-59,61-65H2,1-6H3,(H-,70,72,74,75)/b22-19-,23-20-,30-28-,31-29-,35-34-,60-57+. The van der Waals surface area contributed by atoms with Crippen LogP contribution in [0.25, 0.3) is 0 Å². The SMILES string of the molecule is CCCCC/C=C\C/C=C\C/C=C\CCCCCCCCCCC(=O)NC(COP(=O)([O-])OCC[N+](C)(C)C)C(/C=C/CCCCCCCCCCCCC)OC(=O)CCCCCCCCCCC/C=C\C/C=C\CCCCC. The highest BCUT2D eigenvalue weighted by Crippen LogP contribution is 2.38. The van der Waals surface area contributed by atoms with Gasteiger partial charge in [0.25, 0.3) is 7.82 Å². The van der Waals surface area contributed by atoms with Gasteiger partial charge in [0.15, 0.2) is 0 Å². The van der Waals surface area contributed by atoms with Crippen molar-refractivity contribution in [1.82, 2.24) is 5.32 Å². The van der Waals surface area contributed by atoms with Crippen molar-refractivity contribution < 1.29 is 37.3 Å². The summed E-state index contributed by atoms with van der Waals surface area (Å²) in [5.41, 5.74) is 0. The molecule has 1 amide bonds. The fraction of sp³-hybridized carbons (Fsp3) is 0.797. The van der Waals surface area contributed by atoms with Crippen LogP contribution in [0.3, 0.4) is 0 Å². The summed E-state index contributed by atoms with van der Waals surface area (Å²) in [6.07, 6.45) is 75.7. The van der Waals surface area contributed by atoms with E-state index in [0.717, 1.165) is 103 Å². The fourth-order valence-electron chi connectivity index (χ4n) is 9.44. The van der Waals surface area contributed by atoms with E-state index in [2.05, 4.69) is 86.8 Å². The summed E-state index contributed by atoms with van der Waals surface area (Å²) in [5, 5.41) is 3.03. The van der Waals surface area contributed by atoms with Crippen LogP contribution in [0.15, 0.2) is 72.9 Å². The Morgan fingerprint density at radius 2 is 0.772 bits per heavy atom. The van der Waals surface area contributed by atoms with Crippen molar-refractivity contribution in [3.8, 4) is 0 Å². The maximum atomic E-state index is 13.6. The van der Waals surface area contributed by atoms with Crippen LogP contribution in [0.2, 0.25) is 0 Å². The van der Waals surface area contributed by atoms with Gasteiger partial charge in [0.05, 0.1) is 33.8 Å². The highest BCUT2D eigenvalue weighted by Gasteiger charge is 2.27. The van der Waals surface area contributed by atoms with Crippen molar-refractivity contribution in [2.24, 2.45) is 0 Å². The van der Waals surface area contributed by atoms with Crippen molar-refractivity contribution in [3.63, 3.8) is 0 Å². The summed E-state index contributed by atoms with van der Waals surface area (Å²) in [7, 11) is 1.18. The average Bonchev–Trinajstić information content (AvgIpc) is 3.41.